The maximum Gasteiger partial charge on any atom is 0.409 e. The highest BCUT2D eigenvalue weighted by molar-refractivity contribution is 6.33. The molecule has 0 radical (unpaired) electrons. The molecular formula is C16H20ClN5O3. The first-order chi connectivity index (χ1) is 12.0. The average molecular weight is 366 g/mol. The molecule has 1 aliphatic heterocycles. The summed E-state index contributed by atoms with van der Waals surface area (Å²) in [7, 11) is 1.55. The minimum absolute atomic E-state index is 0.291. The van der Waals surface area contributed by atoms with Gasteiger partial charge in [0.2, 0.25) is 5.95 Å². The molecule has 1 saturated heterocycles. The summed E-state index contributed by atoms with van der Waals surface area (Å²) >= 11 is 6.14. The molecule has 0 bridgehead atoms. The van der Waals surface area contributed by atoms with Gasteiger partial charge in [0.25, 0.3) is 0 Å². The van der Waals surface area contributed by atoms with Crippen LogP contribution in [0.25, 0.3) is 10.9 Å². The number of fused-ring (bicyclic) bond motifs is 1. The second kappa shape index (κ2) is 7.18. The number of piperazine rings is 1. The summed E-state index contributed by atoms with van der Waals surface area (Å²) in [6.07, 6.45) is -0.291. The fourth-order valence-corrected chi connectivity index (χ4v) is 2.98. The van der Waals surface area contributed by atoms with Crippen LogP contribution in [0.5, 0.6) is 5.75 Å². The van der Waals surface area contributed by atoms with Crippen molar-refractivity contribution in [2.75, 3.05) is 50.5 Å². The Hall–Kier alpha value is -2.48. The Labute approximate surface area is 150 Å². The van der Waals surface area contributed by atoms with E-state index in [2.05, 4.69) is 9.97 Å². The van der Waals surface area contributed by atoms with Crippen molar-refractivity contribution >= 4 is 40.4 Å². The molecule has 134 valence electrons. The lowest BCUT2D eigenvalue weighted by Crippen LogP contribution is -2.49. The van der Waals surface area contributed by atoms with Crippen LogP contribution in [0.15, 0.2) is 12.1 Å². The first kappa shape index (κ1) is 17.3. The number of hydrogen-bond acceptors (Lipinski definition) is 7. The van der Waals surface area contributed by atoms with E-state index in [0.717, 1.165) is 0 Å². The van der Waals surface area contributed by atoms with Gasteiger partial charge in [-0.15, -0.1) is 0 Å². The molecule has 0 aliphatic carbocycles. The zero-order valence-electron chi connectivity index (χ0n) is 14.2. The van der Waals surface area contributed by atoms with Gasteiger partial charge in [-0.3, -0.25) is 0 Å². The van der Waals surface area contributed by atoms with Crippen LogP contribution >= 0.6 is 11.6 Å². The molecule has 0 atom stereocenters. The highest BCUT2D eigenvalue weighted by Gasteiger charge is 2.24. The highest BCUT2D eigenvalue weighted by atomic mass is 35.5. The van der Waals surface area contributed by atoms with E-state index in [-0.39, 0.29) is 6.09 Å². The van der Waals surface area contributed by atoms with Crippen LogP contribution in [-0.4, -0.2) is 60.9 Å². The van der Waals surface area contributed by atoms with Crippen LogP contribution in [0.2, 0.25) is 5.02 Å². The summed E-state index contributed by atoms with van der Waals surface area (Å²) < 4.78 is 10.3. The number of benzene rings is 1. The molecule has 2 aromatic rings. The lowest BCUT2D eigenvalue weighted by Gasteiger charge is -2.34. The van der Waals surface area contributed by atoms with Gasteiger partial charge in [-0.05, 0) is 13.0 Å². The average Bonchev–Trinajstić information content (AvgIpc) is 2.62. The number of nitrogen functional groups attached to an aromatic ring is 1. The number of ether oxygens (including phenoxy) is 2. The van der Waals surface area contributed by atoms with E-state index in [0.29, 0.717) is 66.2 Å². The second-order valence-corrected chi connectivity index (χ2v) is 5.99. The Morgan fingerprint density at radius 3 is 2.64 bits per heavy atom. The molecule has 0 spiro atoms. The number of amides is 1. The van der Waals surface area contributed by atoms with Crippen molar-refractivity contribution in [3.05, 3.63) is 17.2 Å². The number of methoxy groups -OCH3 is 1. The van der Waals surface area contributed by atoms with Gasteiger partial charge >= 0.3 is 6.09 Å². The van der Waals surface area contributed by atoms with Crippen molar-refractivity contribution in [2.45, 2.75) is 6.92 Å². The minimum atomic E-state index is -0.291. The van der Waals surface area contributed by atoms with Crippen molar-refractivity contribution in [3.8, 4) is 5.75 Å². The van der Waals surface area contributed by atoms with E-state index in [1.807, 2.05) is 4.90 Å². The lowest BCUT2D eigenvalue weighted by molar-refractivity contribution is 0.105. The fraction of sp³-hybridized carbons (Fsp3) is 0.438. The lowest BCUT2D eigenvalue weighted by atomic mass is 10.2. The number of hydrogen-bond donors (Lipinski definition) is 1. The quantitative estimate of drug-likeness (QED) is 0.890. The number of aromatic nitrogens is 2. The third-order valence-electron chi connectivity index (χ3n) is 4.08. The van der Waals surface area contributed by atoms with Crippen molar-refractivity contribution < 1.29 is 14.3 Å². The van der Waals surface area contributed by atoms with Gasteiger partial charge < -0.3 is 25.0 Å². The van der Waals surface area contributed by atoms with E-state index in [4.69, 9.17) is 26.8 Å². The molecule has 1 aromatic heterocycles. The molecule has 3 rings (SSSR count). The fourth-order valence-electron chi connectivity index (χ4n) is 2.74. The van der Waals surface area contributed by atoms with Gasteiger partial charge in [0, 0.05) is 37.6 Å². The number of nitrogens with two attached hydrogens (primary N) is 1. The Morgan fingerprint density at radius 2 is 2.00 bits per heavy atom. The van der Waals surface area contributed by atoms with Crippen LogP contribution in [0.3, 0.4) is 0 Å². The second-order valence-electron chi connectivity index (χ2n) is 5.59. The number of carbonyl (C=O) groups is 1. The maximum atomic E-state index is 11.8. The maximum absolute atomic E-state index is 11.8. The Morgan fingerprint density at radius 1 is 1.28 bits per heavy atom. The number of rotatable bonds is 3. The normalized spacial score (nSPS) is 14.7. The summed E-state index contributed by atoms with van der Waals surface area (Å²) in [5.41, 5.74) is 6.74. The van der Waals surface area contributed by atoms with Crippen LogP contribution in [0.4, 0.5) is 16.6 Å². The summed E-state index contributed by atoms with van der Waals surface area (Å²) in [6, 6.07) is 3.45. The first-order valence-electron chi connectivity index (χ1n) is 8.01. The van der Waals surface area contributed by atoms with Crippen molar-refractivity contribution in [2.24, 2.45) is 0 Å². The third kappa shape index (κ3) is 3.48. The molecule has 0 unspecified atom stereocenters. The Bertz CT molecular complexity index is 793. The number of anilines is 2. The van der Waals surface area contributed by atoms with E-state index in [1.54, 1.807) is 31.1 Å². The summed E-state index contributed by atoms with van der Waals surface area (Å²) in [4.78, 5) is 24.4. The van der Waals surface area contributed by atoms with Crippen molar-refractivity contribution in [3.63, 3.8) is 0 Å². The van der Waals surface area contributed by atoms with Crippen molar-refractivity contribution in [1.29, 1.82) is 0 Å². The van der Waals surface area contributed by atoms with E-state index in [1.165, 1.54) is 0 Å². The first-order valence-corrected chi connectivity index (χ1v) is 8.38. The van der Waals surface area contributed by atoms with Gasteiger partial charge in [-0.1, -0.05) is 11.6 Å². The minimum Gasteiger partial charge on any atom is -0.495 e. The van der Waals surface area contributed by atoms with Crippen LogP contribution in [0, 0.1) is 0 Å². The highest BCUT2D eigenvalue weighted by Crippen LogP contribution is 2.32. The number of halogens is 1. The van der Waals surface area contributed by atoms with Crippen LogP contribution in [0.1, 0.15) is 6.92 Å². The standard InChI is InChI=1S/C16H20ClN5O3/c1-3-25-16(23)22-6-4-21(5-7-22)15-19-12-9-13(24-2)11(17)8-10(12)14(18)20-15/h8-9H,3-7H2,1-2H3,(H2,18,19,20). The van der Waals surface area contributed by atoms with Crippen LogP contribution in [-0.2, 0) is 4.74 Å². The van der Waals surface area contributed by atoms with Gasteiger partial charge in [0.15, 0.2) is 0 Å². The SMILES string of the molecule is CCOC(=O)N1CCN(c2nc(N)c3cc(Cl)c(OC)cc3n2)CC1. The number of carbonyl (C=O) groups excluding carboxylic acids is 1. The van der Waals surface area contributed by atoms with Gasteiger partial charge in [-0.2, -0.15) is 4.98 Å². The third-order valence-corrected chi connectivity index (χ3v) is 4.37. The van der Waals surface area contributed by atoms with E-state index < -0.39 is 0 Å². The predicted molar refractivity (Wildman–Crippen MR) is 96.3 cm³/mol. The zero-order chi connectivity index (χ0) is 18.0. The number of nitrogens with zero attached hydrogens (tertiary/aromatic N) is 4. The van der Waals surface area contributed by atoms with E-state index in [9.17, 15) is 4.79 Å². The monoisotopic (exact) mass is 365 g/mol. The molecule has 1 aromatic carbocycles. The Balaban J connectivity index is 1.83. The summed E-state index contributed by atoms with van der Waals surface area (Å²) in [5, 5.41) is 1.14. The van der Waals surface area contributed by atoms with Crippen molar-refractivity contribution in [1.82, 2.24) is 14.9 Å². The van der Waals surface area contributed by atoms with Gasteiger partial charge in [-0.25, -0.2) is 9.78 Å². The molecule has 2 N–H and O–H groups in total. The summed E-state index contributed by atoms with van der Waals surface area (Å²) in [5.74, 6) is 1.42. The molecule has 2 heterocycles. The zero-order valence-corrected chi connectivity index (χ0v) is 14.9. The predicted octanol–water partition coefficient (Wildman–Crippen LogP) is 2.15. The van der Waals surface area contributed by atoms with Gasteiger partial charge in [0.05, 0.1) is 24.3 Å². The molecular weight excluding hydrogens is 346 g/mol. The Kier molecular flexibility index (Phi) is 4.98. The molecule has 1 fully saturated rings. The molecule has 25 heavy (non-hydrogen) atoms. The molecule has 8 nitrogen and oxygen atoms in total. The molecule has 1 amide bonds. The molecule has 1 aliphatic rings. The topological polar surface area (TPSA) is 93.8 Å². The largest absolute Gasteiger partial charge is 0.495 e. The van der Waals surface area contributed by atoms with Crippen LogP contribution < -0.4 is 15.4 Å². The summed E-state index contributed by atoms with van der Waals surface area (Å²) in [6.45, 7) is 4.46. The molecule has 9 heteroatoms. The van der Waals surface area contributed by atoms with Gasteiger partial charge in [0.1, 0.15) is 11.6 Å². The smallest absolute Gasteiger partial charge is 0.409 e. The molecule has 0 saturated carbocycles. The van der Waals surface area contributed by atoms with E-state index >= 15 is 0 Å².